The number of nitrogens with one attached hydrogen (secondary N) is 1. The quantitative estimate of drug-likeness (QED) is 0.0516. The molecule has 4 saturated heterocycles. The van der Waals surface area contributed by atoms with Gasteiger partial charge in [0.2, 0.25) is 23.6 Å². The zero-order valence-electron chi connectivity index (χ0n) is 81.4. The van der Waals surface area contributed by atoms with Gasteiger partial charge in [-0.1, -0.05) is 84.9 Å². The number of hydrogen-bond donors (Lipinski definition) is 1. The van der Waals surface area contributed by atoms with Gasteiger partial charge in [0.25, 0.3) is 5.91 Å². The number of aromatic nitrogens is 4. The van der Waals surface area contributed by atoms with Gasteiger partial charge in [0, 0.05) is 197 Å². The summed E-state index contributed by atoms with van der Waals surface area (Å²) in [5.74, 6) is -2.14. The van der Waals surface area contributed by atoms with Crippen molar-refractivity contribution in [3.05, 3.63) is 263 Å². The summed E-state index contributed by atoms with van der Waals surface area (Å²) in [7, 11) is 4.03. The van der Waals surface area contributed by atoms with Crippen molar-refractivity contribution >= 4 is 184 Å². The van der Waals surface area contributed by atoms with Gasteiger partial charge < -0.3 is 29.8 Å². The number of likely N-dealkylation sites (tertiary alicyclic amines) is 4. The number of hydrogen-bond acceptors (Lipinski definition) is 20. The smallest absolute Gasteiger partial charge is 0.251 e. The first-order valence-corrected chi connectivity index (χ1v) is 47.3. The maximum atomic E-state index is 14.4. The van der Waals surface area contributed by atoms with Crippen LogP contribution in [-0.2, 0) is 48.0 Å². The Hall–Kier alpha value is -14.6. The molecule has 8 aromatic carbocycles. The van der Waals surface area contributed by atoms with Crippen LogP contribution in [0.25, 0.3) is 93.3 Å². The molecule has 8 atom stereocenters. The Morgan fingerprint density at radius 1 is 0.384 bits per heavy atom. The third-order valence-corrected chi connectivity index (χ3v) is 27.2. The van der Waals surface area contributed by atoms with Crippen molar-refractivity contribution in [3.63, 3.8) is 0 Å². The van der Waals surface area contributed by atoms with Crippen molar-refractivity contribution in [3.8, 4) is 57.7 Å². The molecule has 750 valence electrons. The lowest BCUT2D eigenvalue weighted by Gasteiger charge is -2.19. The monoisotopic (exact) mass is 2040 g/mol. The fourth-order valence-corrected chi connectivity index (χ4v) is 19.8. The van der Waals surface area contributed by atoms with Crippen LogP contribution in [0.2, 0.25) is 0 Å². The van der Waals surface area contributed by atoms with Crippen LogP contribution in [0.1, 0.15) is 192 Å². The van der Waals surface area contributed by atoms with Gasteiger partial charge in [-0.25, -0.2) is 17.6 Å². The summed E-state index contributed by atoms with van der Waals surface area (Å²) in [5.41, 5.74) is 10.8. The van der Waals surface area contributed by atoms with E-state index >= 15 is 0 Å². The number of carbonyl (C=O) groups excluding carboxylic acids is 11. The molecule has 0 bridgehead atoms. The fourth-order valence-electron chi connectivity index (χ4n) is 19.8. The minimum Gasteiger partial charge on any atom is -0.378 e. The molecule has 5 aliphatic heterocycles. The molecule has 25 nitrogen and oxygen atoms in total. The lowest BCUT2D eigenvalue weighted by Crippen LogP contribution is -2.36. The molecule has 5 amide bonds. The Bertz CT molecular complexity index is 7470. The Morgan fingerprint density at radius 3 is 1.10 bits per heavy atom. The van der Waals surface area contributed by atoms with Crippen LogP contribution in [0.15, 0.2) is 213 Å². The van der Waals surface area contributed by atoms with E-state index in [0.29, 0.717) is 91.8 Å². The number of carbonyl (C=O) groups is 11. The number of alkyl halides is 4. The maximum Gasteiger partial charge on any atom is 0.251 e. The largest absolute Gasteiger partial charge is 0.378 e. The van der Waals surface area contributed by atoms with E-state index in [9.17, 15) is 91.3 Å². The van der Waals surface area contributed by atoms with E-state index in [1.807, 2.05) is 148 Å². The number of pyridine rings is 4. The molecule has 9 heterocycles. The molecule has 1 N–H and O–H groups in total. The average Bonchev–Trinajstić information content (AvgIpc) is 1.14. The summed E-state index contributed by atoms with van der Waals surface area (Å²) in [6, 6.07) is 58.7. The van der Waals surface area contributed by atoms with Gasteiger partial charge in [-0.2, -0.15) is 75.0 Å². The first kappa shape index (κ1) is 110. The molecule has 146 heavy (non-hydrogen) atoms. The fraction of sp³-hybridized carbons (Fsp3) is 0.319. The van der Waals surface area contributed by atoms with Gasteiger partial charge in [-0.15, -0.1) is 0 Å². The number of halogens is 4. The lowest BCUT2D eigenvalue weighted by molar-refractivity contribution is -0.132. The Kier molecular flexibility index (Phi) is 35.2. The molecular weight excluding hydrogens is 1930 g/mol. The Balaban J connectivity index is 0.000000172. The van der Waals surface area contributed by atoms with Gasteiger partial charge in [0.15, 0.2) is 28.9 Å². The highest BCUT2D eigenvalue weighted by Gasteiger charge is 2.47. The van der Waals surface area contributed by atoms with Crippen molar-refractivity contribution in [2.24, 2.45) is 0 Å². The number of ketones is 6. The van der Waals surface area contributed by atoms with E-state index in [4.69, 9.17) is 0 Å². The van der Waals surface area contributed by atoms with Crippen LogP contribution in [0.4, 0.5) is 23.2 Å². The summed E-state index contributed by atoms with van der Waals surface area (Å²) in [4.78, 5) is 163. The molecule has 2 aliphatic carbocycles. The molecular formula is C113H110F4N14O11S4. The summed E-state index contributed by atoms with van der Waals surface area (Å²) in [6.07, 6.45) is 13.7. The maximum absolute atomic E-state index is 14.4. The van der Waals surface area contributed by atoms with Gasteiger partial charge in [0.1, 0.15) is 52.6 Å². The Labute approximate surface area is 870 Å². The van der Waals surface area contributed by atoms with Crippen molar-refractivity contribution < 1.29 is 70.3 Å². The van der Waals surface area contributed by atoms with E-state index in [0.717, 1.165) is 90.3 Å². The lowest BCUT2D eigenvalue weighted by atomic mass is 9.88. The van der Waals surface area contributed by atoms with Crippen LogP contribution < -0.4 is 10.2 Å². The minimum absolute atomic E-state index is 0. The molecule has 33 heteroatoms. The highest BCUT2D eigenvalue weighted by Crippen LogP contribution is 2.40. The summed E-state index contributed by atoms with van der Waals surface area (Å²) in [6.45, 7) is 5.62. The number of anilines is 1. The number of nitriles is 4. The van der Waals surface area contributed by atoms with Crippen LogP contribution in [0.3, 0.4) is 0 Å². The zero-order valence-corrected chi connectivity index (χ0v) is 85.4. The normalized spacial score (nSPS) is 20.4. The molecule has 4 unspecified atom stereocenters. The van der Waals surface area contributed by atoms with Crippen LogP contribution in [0.5, 0.6) is 0 Å². The van der Waals surface area contributed by atoms with Gasteiger partial charge in [0.05, 0.1) is 72.5 Å². The van der Waals surface area contributed by atoms with E-state index < -0.39 is 58.7 Å². The summed E-state index contributed by atoms with van der Waals surface area (Å²) < 4.78 is 57.4. The van der Waals surface area contributed by atoms with Crippen LogP contribution in [-0.4, -0.2) is 197 Å². The first-order valence-electron chi connectivity index (χ1n) is 47.3. The van der Waals surface area contributed by atoms with E-state index in [1.54, 1.807) is 55.1 Å². The van der Waals surface area contributed by atoms with Gasteiger partial charge in [-0.3, -0.25) is 72.7 Å². The number of aryl methyl sites for hydroxylation is 1. The molecule has 19 rings (SSSR count). The van der Waals surface area contributed by atoms with E-state index in [1.165, 1.54) is 58.9 Å². The van der Waals surface area contributed by atoms with Gasteiger partial charge >= 0.3 is 0 Å². The third-order valence-electron chi connectivity index (χ3n) is 27.2. The molecule has 0 spiro atoms. The van der Waals surface area contributed by atoms with Crippen molar-refractivity contribution in [2.45, 2.75) is 184 Å². The topological polar surface area (TPSA) is 363 Å². The number of amides is 5. The third kappa shape index (κ3) is 25.3. The molecule has 0 saturated carbocycles. The Morgan fingerprint density at radius 2 is 0.719 bits per heavy atom. The highest BCUT2D eigenvalue weighted by molar-refractivity contribution is 7.59. The molecule has 7 aliphatic rings. The minimum atomic E-state index is -1.60. The molecule has 0 radical (unpaired) electrons. The summed E-state index contributed by atoms with van der Waals surface area (Å²) >= 11 is 0. The molecule has 4 aromatic heterocycles. The summed E-state index contributed by atoms with van der Waals surface area (Å²) in [5, 5.41) is 45.0. The number of rotatable bonds is 21. The average molecular weight is 2040 g/mol. The SMILES string of the molecule is CC1(F)C[C@@H](C#N)N(C(=O)CCC(=O)c2ccnc3ccc(-c4ccc5c(c4)CCC(=O)C5)cc23)C1.CC1(F)C[C@@H](C#N)N(C(=O)CCC(=O)c2ccnc3ccc(-c4ccc5c(c4)CCNC5=O)cc23)C1.CC1(F)C[C@@H](C#N)N(C(=O)CCC(=O)c2ccnc3ccc(C4=CCC(=O)C=C4)cc23)C1.CN(C)c1ccc2cc(-c3ccc4nccc(C(=O)CCC(=O)N5CC(C)(F)C[C@H]5C#N)c4c3)ccc2c1.S.S.S.S. The standard InChI is InChI=1S/C31H29FN4O2.C29H26FN3O3.C28H25FN4O3.C25H22FN3O3.4H2S/c1-31(32)17-25(18-33)36(19-31)30(38)11-10-29(37)26-12-13-34-28-9-7-23(16-27(26)28)20-4-5-22-15-24(35(2)3)8-6-21(22)14-20;1-29(30)15-22(16-31)33(17-29)28(36)9-8-27(35)24-10-11-32-26-7-5-21(14-25(24)26)18-2-3-20-13-23(34)6-4-19(20)12-18;1-28(29)14-20(15-30)33(16-28)26(35)7-6-25(34)22-9-11-31-24-5-3-18(13-23(22)24)17-2-4-21-19(12-17)8-10-32-27(21)36;1-25(26)13-18(14-27)29(15-25)24(32)9-8-23(31)20-10-11-28-22-7-4-17(12-21(20)22)16-2-5-19(30)6-3-16;;;;/h4-9,12-16,25H,10-11,17,19H2,1-3H3;2-3,5,7,10-12,14,22H,4,6,8-9,13,15,17H2,1H3;2-5,9,11-13,20H,6-8,10,14,16H2,1H3,(H,32,36);2-5,7,10-12,18H,6,8-9,13,15H2,1H3;4*1H2/t25-,31?;22-,29?;20-,28?;18-,25?;;;;/m0000..../s1. The number of fused-ring (bicyclic) bond motifs is 7. The van der Waals surface area contributed by atoms with Crippen LogP contribution >= 0.6 is 54.0 Å². The molecule has 4 fully saturated rings. The number of Topliss-reactive ketones (excluding diaryl/α,β-unsaturated/α-hetero) is 5. The number of allylic oxidation sites excluding steroid dienone is 4. The predicted octanol–water partition coefficient (Wildman–Crippen LogP) is 19.1. The second-order valence-electron chi connectivity index (χ2n) is 38.6. The first-order chi connectivity index (χ1) is 67.9. The second kappa shape index (κ2) is 46.6. The van der Waals surface area contributed by atoms with E-state index in [2.05, 4.69) is 72.6 Å². The van der Waals surface area contributed by atoms with Crippen molar-refractivity contribution in [1.82, 2.24) is 44.9 Å². The highest BCUT2D eigenvalue weighted by atomic mass is 32.1. The van der Waals surface area contributed by atoms with Crippen molar-refractivity contribution in [1.29, 1.82) is 21.0 Å². The van der Waals surface area contributed by atoms with Crippen LogP contribution in [0, 0.1) is 45.3 Å². The predicted molar refractivity (Wildman–Crippen MR) is 572 cm³/mol. The van der Waals surface area contributed by atoms with Crippen molar-refractivity contribution in [2.75, 3.05) is 51.7 Å². The zero-order chi connectivity index (χ0) is 101. The second-order valence-corrected chi connectivity index (χ2v) is 38.6. The number of nitrogens with zero attached hydrogens (tertiary/aromatic N) is 13. The van der Waals surface area contributed by atoms with E-state index in [-0.39, 0.29) is 210 Å². The number of benzene rings is 8. The van der Waals surface area contributed by atoms with Gasteiger partial charge in [-0.05, 0) is 216 Å². The molecule has 12 aromatic rings.